The lowest BCUT2D eigenvalue weighted by Gasteiger charge is -2.15. The number of benzene rings is 1. The minimum Gasteiger partial charge on any atom is -0.479 e. The van der Waals surface area contributed by atoms with Crippen LogP contribution in [0.3, 0.4) is 0 Å². The van der Waals surface area contributed by atoms with E-state index >= 15 is 0 Å². The van der Waals surface area contributed by atoms with Crippen molar-refractivity contribution in [1.29, 1.82) is 0 Å². The third-order valence-electron chi connectivity index (χ3n) is 4.13. The molecule has 0 radical (unpaired) electrons. The Labute approximate surface area is 153 Å². The molecule has 4 aromatic rings. The Hall–Kier alpha value is -3.75. The first kappa shape index (κ1) is 16.7. The zero-order valence-corrected chi connectivity index (χ0v) is 14.3. The number of nitrogens with one attached hydrogen (secondary N) is 1. The molecule has 9 heteroatoms. The van der Waals surface area contributed by atoms with Crippen molar-refractivity contribution in [2.75, 3.05) is 11.1 Å². The van der Waals surface area contributed by atoms with E-state index in [0.29, 0.717) is 22.7 Å². The Morgan fingerprint density at radius 2 is 2.00 bits per heavy atom. The van der Waals surface area contributed by atoms with Crippen molar-refractivity contribution in [3.8, 4) is 17.3 Å². The number of nitrogen functional groups attached to an aromatic ring is 1. The second-order valence-electron chi connectivity index (χ2n) is 6.00. The molecule has 0 unspecified atom stereocenters. The molecule has 4 N–H and O–H groups in total. The molecule has 0 saturated carbocycles. The van der Waals surface area contributed by atoms with E-state index in [4.69, 9.17) is 5.73 Å². The van der Waals surface area contributed by atoms with Gasteiger partial charge in [0.15, 0.2) is 11.5 Å². The van der Waals surface area contributed by atoms with Gasteiger partial charge in [-0.3, -0.25) is 0 Å². The quantitative estimate of drug-likeness (QED) is 0.509. The molecule has 136 valence electrons. The number of hydrogen-bond acceptors (Lipinski definition) is 7. The molecule has 0 spiro atoms. The van der Waals surface area contributed by atoms with Gasteiger partial charge in [-0.15, -0.1) is 5.10 Å². The Bertz CT molecular complexity index is 1110. The summed E-state index contributed by atoms with van der Waals surface area (Å²) < 4.78 is 14.6. The van der Waals surface area contributed by atoms with Gasteiger partial charge in [-0.05, 0) is 30.7 Å². The number of anilines is 2. The van der Waals surface area contributed by atoms with Gasteiger partial charge in [-0.1, -0.05) is 12.1 Å². The summed E-state index contributed by atoms with van der Waals surface area (Å²) in [7, 11) is 0. The minimum absolute atomic E-state index is 0.174. The predicted octanol–water partition coefficient (Wildman–Crippen LogP) is 2.79. The lowest BCUT2D eigenvalue weighted by Crippen LogP contribution is -2.08. The number of aromatic hydroxyl groups is 1. The highest BCUT2D eigenvalue weighted by Crippen LogP contribution is 2.30. The zero-order chi connectivity index (χ0) is 19.0. The first-order valence-electron chi connectivity index (χ1n) is 8.20. The van der Waals surface area contributed by atoms with Gasteiger partial charge < -0.3 is 16.2 Å². The van der Waals surface area contributed by atoms with Crippen molar-refractivity contribution in [1.82, 2.24) is 24.6 Å². The van der Waals surface area contributed by atoms with E-state index in [1.807, 2.05) is 6.92 Å². The Balaban J connectivity index is 1.71. The van der Waals surface area contributed by atoms with Crippen molar-refractivity contribution >= 4 is 17.3 Å². The molecule has 0 fully saturated rings. The lowest BCUT2D eigenvalue weighted by molar-refractivity contribution is 0.432. The number of rotatable bonds is 4. The van der Waals surface area contributed by atoms with E-state index in [1.165, 1.54) is 16.6 Å². The maximum absolute atomic E-state index is 13.1. The van der Waals surface area contributed by atoms with Crippen LogP contribution in [-0.4, -0.2) is 29.7 Å². The minimum atomic E-state index is -0.406. The molecule has 0 aliphatic rings. The SMILES string of the molecule is C[C@H](Nc1cc(-c2c(N)nn3cccnc23)nc(O)n1)c1ccc(F)cc1. The van der Waals surface area contributed by atoms with Crippen LogP contribution in [0.1, 0.15) is 18.5 Å². The fourth-order valence-electron chi connectivity index (χ4n) is 2.84. The Morgan fingerprint density at radius 1 is 1.22 bits per heavy atom. The highest BCUT2D eigenvalue weighted by Gasteiger charge is 2.17. The number of fused-ring (bicyclic) bond motifs is 1. The smallest absolute Gasteiger partial charge is 0.316 e. The molecular weight excluding hydrogens is 349 g/mol. The molecule has 3 aromatic heterocycles. The predicted molar refractivity (Wildman–Crippen MR) is 98.5 cm³/mol. The monoisotopic (exact) mass is 365 g/mol. The summed E-state index contributed by atoms with van der Waals surface area (Å²) >= 11 is 0. The maximum Gasteiger partial charge on any atom is 0.316 e. The van der Waals surface area contributed by atoms with Gasteiger partial charge in [0.2, 0.25) is 0 Å². The number of nitrogens with two attached hydrogens (primary N) is 1. The molecule has 27 heavy (non-hydrogen) atoms. The highest BCUT2D eigenvalue weighted by molar-refractivity contribution is 5.85. The first-order valence-corrected chi connectivity index (χ1v) is 8.20. The van der Waals surface area contributed by atoms with Crippen LogP contribution in [0.15, 0.2) is 48.8 Å². The summed E-state index contributed by atoms with van der Waals surface area (Å²) in [5.41, 5.74) is 8.31. The molecule has 0 bridgehead atoms. The topological polar surface area (TPSA) is 114 Å². The van der Waals surface area contributed by atoms with E-state index in [2.05, 4.69) is 25.4 Å². The van der Waals surface area contributed by atoms with Gasteiger partial charge >= 0.3 is 6.01 Å². The van der Waals surface area contributed by atoms with Gasteiger partial charge in [0.25, 0.3) is 0 Å². The van der Waals surface area contributed by atoms with Crippen LogP contribution in [0.5, 0.6) is 6.01 Å². The van der Waals surface area contributed by atoms with Crippen LogP contribution in [0, 0.1) is 5.82 Å². The lowest BCUT2D eigenvalue weighted by atomic mass is 10.1. The average Bonchev–Trinajstić information content (AvgIpc) is 2.97. The maximum atomic E-state index is 13.1. The van der Waals surface area contributed by atoms with Crippen LogP contribution in [0.2, 0.25) is 0 Å². The number of hydrogen-bond donors (Lipinski definition) is 3. The van der Waals surface area contributed by atoms with E-state index in [0.717, 1.165) is 5.56 Å². The third kappa shape index (κ3) is 3.22. The summed E-state index contributed by atoms with van der Waals surface area (Å²) in [6.45, 7) is 1.90. The molecule has 3 heterocycles. The normalized spacial score (nSPS) is 12.2. The number of nitrogens with zero attached hydrogens (tertiary/aromatic N) is 5. The van der Waals surface area contributed by atoms with Crippen LogP contribution in [-0.2, 0) is 0 Å². The van der Waals surface area contributed by atoms with E-state index in [-0.39, 0.29) is 17.7 Å². The van der Waals surface area contributed by atoms with Crippen molar-refractivity contribution in [3.05, 3.63) is 60.2 Å². The van der Waals surface area contributed by atoms with Crippen LogP contribution < -0.4 is 11.1 Å². The summed E-state index contributed by atoms with van der Waals surface area (Å²) in [4.78, 5) is 12.3. The van der Waals surface area contributed by atoms with Crippen LogP contribution >= 0.6 is 0 Å². The van der Waals surface area contributed by atoms with Gasteiger partial charge in [0.1, 0.15) is 11.6 Å². The van der Waals surface area contributed by atoms with Crippen molar-refractivity contribution in [2.45, 2.75) is 13.0 Å². The second kappa shape index (κ2) is 6.52. The zero-order valence-electron chi connectivity index (χ0n) is 14.3. The van der Waals surface area contributed by atoms with Crippen molar-refractivity contribution < 1.29 is 9.50 Å². The van der Waals surface area contributed by atoms with E-state index < -0.39 is 6.01 Å². The number of aromatic nitrogens is 5. The summed E-state index contributed by atoms with van der Waals surface area (Å²) in [5, 5.41) is 17.3. The molecule has 0 aliphatic heterocycles. The largest absolute Gasteiger partial charge is 0.479 e. The highest BCUT2D eigenvalue weighted by atomic mass is 19.1. The van der Waals surface area contributed by atoms with Crippen LogP contribution in [0.25, 0.3) is 16.9 Å². The molecule has 0 amide bonds. The summed E-state index contributed by atoms with van der Waals surface area (Å²) in [6.07, 6.45) is 3.34. The van der Waals surface area contributed by atoms with Gasteiger partial charge in [-0.25, -0.2) is 13.9 Å². The van der Waals surface area contributed by atoms with Gasteiger partial charge in [-0.2, -0.15) is 9.97 Å². The second-order valence-corrected chi connectivity index (χ2v) is 6.00. The molecule has 4 rings (SSSR count). The van der Waals surface area contributed by atoms with Crippen molar-refractivity contribution in [2.24, 2.45) is 0 Å². The van der Waals surface area contributed by atoms with Crippen molar-refractivity contribution in [3.63, 3.8) is 0 Å². The van der Waals surface area contributed by atoms with Crippen LogP contribution in [0.4, 0.5) is 16.0 Å². The Morgan fingerprint density at radius 3 is 2.78 bits per heavy atom. The first-order chi connectivity index (χ1) is 13.0. The van der Waals surface area contributed by atoms with E-state index in [9.17, 15) is 9.50 Å². The van der Waals surface area contributed by atoms with E-state index in [1.54, 1.807) is 36.7 Å². The molecule has 0 saturated heterocycles. The van der Waals surface area contributed by atoms with Gasteiger partial charge in [0, 0.05) is 24.5 Å². The summed E-state index contributed by atoms with van der Waals surface area (Å²) in [6, 6.07) is 8.95. The fourth-order valence-corrected chi connectivity index (χ4v) is 2.84. The molecule has 8 nitrogen and oxygen atoms in total. The number of halogens is 1. The average molecular weight is 365 g/mol. The standard InChI is InChI=1S/C18H16FN7O/c1-10(11-3-5-12(19)6-4-11)22-14-9-13(23-18(27)24-14)15-16(20)25-26-8-2-7-21-17(15)26/h2-10H,1H3,(H2,20,25)(H2,22,23,24,27)/t10-/m0/s1. The fraction of sp³-hybridized carbons (Fsp3) is 0.111. The molecule has 0 aliphatic carbocycles. The summed E-state index contributed by atoms with van der Waals surface area (Å²) in [5.74, 6) is 0.331. The van der Waals surface area contributed by atoms with Gasteiger partial charge in [0.05, 0.1) is 11.3 Å². The molecular formula is C18H16FN7O. The molecule has 1 aromatic carbocycles. The molecule has 1 atom stereocenters. The third-order valence-corrected chi connectivity index (χ3v) is 4.13. The Kier molecular flexibility index (Phi) is 4.03.